The number of carbonyl (C=O) groups excluding carboxylic acids is 3. The van der Waals surface area contributed by atoms with Gasteiger partial charge in [0.2, 0.25) is 9.84 Å². The van der Waals surface area contributed by atoms with Gasteiger partial charge >= 0.3 is 5.97 Å². The predicted octanol–water partition coefficient (Wildman–Crippen LogP) is -0.319. The van der Waals surface area contributed by atoms with E-state index in [2.05, 4.69) is 15.4 Å². The summed E-state index contributed by atoms with van der Waals surface area (Å²) in [5.41, 5.74) is 0.238. The molecule has 12 nitrogen and oxygen atoms in total. The Balaban J connectivity index is 1.75. The molecule has 0 bridgehead atoms. The molecule has 2 atom stereocenters. The summed E-state index contributed by atoms with van der Waals surface area (Å²) < 4.78 is 41.5. The normalized spacial score (nSPS) is 21.2. The average molecular weight is 474 g/mol. The number of hydrogen-bond donors (Lipinski definition) is 1. The van der Waals surface area contributed by atoms with Crippen LogP contribution in [0.15, 0.2) is 46.6 Å². The molecule has 0 saturated carbocycles. The van der Waals surface area contributed by atoms with Crippen molar-refractivity contribution >= 4 is 27.7 Å². The molecule has 1 aromatic carbocycles. The molecule has 3 heterocycles. The summed E-state index contributed by atoms with van der Waals surface area (Å²) in [5, 5.41) is 8.21. The van der Waals surface area contributed by atoms with E-state index in [-0.39, 0.29) is 30.0 Å². The number of aromatic nitrogens is 3. The van der Waals surface area contributed by atoms with Crippen molar-refractivity contribution in [2.24, 2.45) is 0 Å². The lowest BCUT2D eigenvalue weighted by Gasteiger charge is -2.48. The molecule has 2 aliphatic heterocycles. The summed E-state index contributed by atoms with van der Waals surface area (Å²) in [4.78, 5) is 37.6. The van der Waals surface area contributed by atoms with E-state index >= 15 is 0 Å². The van der Waals surface area contributed by atoms with Gasteiger partial charge in [0.25, 0.3) is 5.91 Å². The van der Waals surface area contributed by atoms with Crippen LogP contribution in [0.25, 0.3) is 0 Å². The second-order valence-electron chi connectivity index (χ2n) is 7.12. The SMILES string of the molecule is COc1ccc(COC(=O)C2=C(Cc3c[nH]nn3)C(=C=O)S(=O)(=O)[C@H]3[C@@H](OC)C(=O)N23)cc1. The number of allylic oxidation sites excluding steroid dienone is 1. The predicted molar refractivity (Wildman–Crippen MR) is 109 cm³/mol. The van der Waals surface area contributed by atoms with Gasteiger partial charge in [-0.05, 0) is 17.7 Å². The largest absolute Gasteiger partial charge is 0.497 e. The number of nitrogens with one attached hydrogen (secondary N) is 1. The third kappa shape index (κ3) is 3.71. The standard InChI is InChI=1S/C20H18N4O8S/c1-30-13-5-3-11(4-6-13)10-32-20(27)16-14(7-12-8-21-23-22-12)15(9-25)33(28,29)19-17(31-2)18(26)24(16)19/h3-6,8,17,19H,7,10H2,1-2H3,(H,21,22,23)/t17-,19-/m0/s1. The molecule has 172 valence electrons. The molecule has 0 radical (unpaired) electrons. The highest BCUT2D eigenvalue weighted by atomic mass is 32.2. The number of hydrogen-bond acceptors (Lipinski definition) is 10. The summed E-state index contributed by atoms with van der Waals surface area (Å²) in [7, 11) is -1.69. The zero-order chi connectivity index (χ0) is 23.8. The van der Waals surface area contributed by atoms with Gasteiger partial charge in [0.1, 0.15) is 24.0 Å². The van der Waals surface area contributed by atoms with Crippen molar-refractivity contribution in [3.8, 4) is 5.75 Å². The van der Waals surface area contributed by atoms with Gasteiger partial charge in [0.15, 0.2) is 16.4 Å². The number of sulfone groups is 1. The van der Waals surface area contributed by atoms with Crippen LogP contribution < -0.4 is 4.74 Å². The molecule has 0 aliphatic carbocycles. The highest BCUT2D eigenvalue weighted by Crippen LogP contribution is 2.43. The van der Waals surface area contributed by atoms with Gasteiger partial charge in [0, 0.05) is 25.3 Å². The quantitative estimate of drug-likeness (QED) is 0.320. The Labute approximate surface area is 187 Å². The number of nitrogens with zero attached hydrogens (tertiary/aromatic N) is 3. The molecule has 2 aliphatic rings. The minimum absolute atomic E-state index is 0.170. The molecule has 13 heteroatoms. The molecule has 1 aromatic heterocycles. The summed E-state index contributed by atoms with van der Waals surface area (Å²) in [6, 6.07) is 6.71. The van der Waals surface area contributed by atoms with E-state index in [1.807, 2.05) is 0 Å². The smallest absolute Gasteiger partial charge is 0.355 e. The van der Waals surface area contributed by atoms with Crippen LogP contribution >= 0.6 is 0 Å². The van der Waals surface area contributed by atoms with Gasteiger partial charge in [-0.2, -0.15) is 0 Å². The molecule has 1 saturated heterocycles. The second kappa shape index (κ2) is 8.62. The number of rotatable bonds is 7. The number of carbonyl (C=O) groups is 2. The van der Waals surface area contributed by atoms with Gasteiger partial charge in [0.05, 0.1) is 12.8 Å². The topological polar surface area (TPSA) is 158 Å². The number of amides is 1. The van der Waals surface area contributed by atoms with Gasteiger partial charge < -0.3 is 14.2 Å². The van der Waals surface area contributed by atoms with Gasteiger partial charge in [-0.3, -0.25) is 14.8 Å². The van der Waals surface area contributed by atoms with Crippen LogP contribution in [0.2, 0.25) is 0 Å². The molecule has 1 N–H and O–H groups in total. The Bertz CT molecular complexity index is 1280. The summed E-state index contributed by atoms with van der Waals surface area (Å²) >= 11 is 0. The Kier molecular flexibility index (Phi) is 5.85. The molecule has 0 unspecified atom stereocenters. The molecule has 4 rings (SSSR count). The number of benzene rings is 1. The molecule has 33 heavy (non-hydrogen) atoms. The number of methoxy groups -OCH3 is 2. The fourth-order valence-corrected chi connectivity index (χ4v) is 5.59. The molecular weight excluding hydrogens is 456 g/mol. The lowest BCUT2D eigenvalue weighted by Crippen LogP contribution is -2.70. The lowest BCUT2D eigenvalue weighted by atomic mass is 10.0. The highest BCUT2D eigenvalue weighted by molar-refractivity contribution is 7.96. The third-order valence-corrected chi connectivity index (χ3v) is 7.28. The average Bonchev–Trinajstić information content (AvgIpc) is 3.31. The second-order valence-corrected chi connectivity index (χ2v) is 9.11. The minimum Gasteiger partial charge on any atom is -0.497 e. The van der Waals surface area contributed by atoms with E-state index in [1.54, 1.807) is 24.3 Å². The first-order valence-corrected chi connectivity index (χ1v) is 11.1. The van der Waals surface area contributed by atoms with Crippen LogP contribution in [-0.2, 0) is 46.7 Å². The molecule has 1 fully saturated rings. The molecule has 2 aromatic rings. The zero-order valence-electron chi connectivity index (χ0n) is 17.5. The highest BCUT2D eigenvalue weighted by Gasteiger charge is 2.62. The minimum atomic E-state index is -4.37. The number of fused-ring (bicyclic) bond motifs is 1. The van der Waals surface area contributed by atoms with Gasteiger partial charge in [-0.15, -0.1) is 5.10 Å². The van der Waals surface area contributed by atoms with Crippen LogP contribution in [-0.4, -0.2) is 72.2 Å². The lowest BCUT2D eigenvalue weighted by molar-refractivity contribution is -0.164. The Morgan fingerprint density at radius 3 is 2.55 bits per heavy atom. The van der Waals surface area contributed by atoms with Gasteiger partial charge in [-0.1, -0.05) is 17.3 Å². The Morgan fingerprint density at radius 1 is 1.24 bits per heavy atom. The van der Waals surface area contributed by atoms with Crippen molar-refractivity contribution in [3.05, 3.63) is 57.9 Å². The maximum absolute atomic E-state index is 13.1. The molecule has 1 amide bonds. The first kappa shape index (κ1) is 22.4. The van der Waals surface area contributed by atoms with Crippen molar-refractivity contribution < 1.29 is 37.0 Å². The van der Waals surface area contributed by atoms with Crippen LogP contribution in [0.3, 0.4) is 0 Å². The maximum atomic E-state index is 13.1. The van der Waals surface area contributed by atoms with Crippen LogP contribution in [0, 0.1) is 0 Å². The Morgan fingerprint density at radius 2 is 1.97 bits per heavy atom. The van der Waals surface area contributed by atoms with Crippen LogP contribution in [0.1, 0.15) is 11.3 Å². The first-order valence-electron chi connectivity index (χ1n) is 9.57. The van der Waals surface area contributed by atoms with Crippen LogP contribution in [0.5, 0.6) is 5.75 Å². The summed E-state index contributed by atoms with van der Waals surface area (Å²) in [6.07, 6.45) is -0.275. The van der Waals surface area contributed by atoms with E-state index in [0.717, 1.165) is 12.0 Å². The third-order valence-electron chi connectivity index (χ3n) is 5.29. The number of aromatic amines is 1. The van der Waals surface area contributed by atoms with Gasteiger partial charge in [-0.25, -0.2) is 18.0 Å². The fourth-order valence-electron chi connectivity index (χ4n) is 3.68. The van der Waals surface area contributed by atoms with E-state index in [1.165, 1.54) is 19.2 Å². The summed E-state index contributed by atoms with van der Waals surface area (Å²) in [6.45, 7) is -0.170. The first-order chi connectivity index (χ1) is 15.8. The molecule has 0 spiro atoms. The number of esters is 1. The zero-order valence-corrected chi connectivity index (χ0v) is 18.3. The van der Waals surface area contributed by atoms with Crippen molar-refractivity contribution in [2.75, 3.05) is 14.2 Å². The fraction of sp³-hybridized carbons (Fsp3) is 0.300. The summed E-state index contributed by atoms with van der Waals surface area (Å²) in [5.74, 6) is 0.300. The van der Waals surface area contributed by atoms with Crippen molar-refractivity contribution in [1.82, 2.24) is 20.3 Å². The number of H-pyrrole nitrogens is 1. The van der Waals surface area contributed by atoms with E-state index < -0.39 is 38.1 Å². The van der Waals surface area contributed by atoms with E-state index in [4.69, 9.17) is 14.2 Å². The molecular formula is C20H18N4O8S. The van der Waals surface area contributed by atoms with Crippen molar-refractivity contribution in [1.29, 1.82) is 0 Å². The van der Waals surface area contributed by atoms with Crippen LogP contribution in [0.4, 0.5) is 0 Å². The van der Waals surface area contributed by atoms with Crippen molar-refractivity contribution in [2.45, 2.75) is 24.5 Å². The monoisotopic (exact) mass is 474 g/mol. The Hall–Kier alpha value is -3.80. The van der Waals surface area contributed by atoms with E-state index in [0.29, 0.717) is 11.3 Å². The number of ether oxygens (including phenoxy) is 3. The van der Waals surface area contributed by atoms with Crippen molar-refractivity contribution in [3.63, 3.8) is 0 Å². The number of β-lactam (4-membered cyclic amide) rings is 1. The maximum Gasteiger partial charge on any atom is 0.355 e. The van der Waals surface area contributed by atoms with E-state index in [9.17, 15) is 22.8 Å².